The number of nitrogens with zero attached hydrogens (tertiary/aromatic N) is 2. The van der Waals surface area contributed by atoms with E-state index in [0.717, 1.165) is 6.42 Å². The van der Waals surface area contributed by atoms with Gasteiger partial charge in [-0.2, -0.15) is 0 Å². The minimum absolute atomic E-state index is 0.136. The first-order valence-corrected chi connectivity index (χ1v) is 13.3. The summed E-state index contributed by atoms with van der Waals surface area (Å²) >= 11 is 0. The first-order valence-electron chi connectivity index (χ1n) is 10.5. The van der Waals surface area contributed by atoms with E-state index in [1.165, 1.54) is 21.3 Å². The predicted molar refractivity (Wildman–Crippen MR) is 137 cm³/mol. The molecule has 30 heavy (non-hydrogen) atoms. The summed E-state index contributed by atoms with van der Waals surface area (Å²) in [6.45, 7) is 13.9. The van der Waals surface area contributed by atoms with Gasteiger partial charge in [0.2, 0.25) is 0 Å². The highest BCUT2D eigenvalue weighted by Gasteiger charge is 2.25. The normalized spacial score (nSPS) is 18.0. The summed E-state index contributed by atoms with van der Waals surface area (Å²) in [5.74, 6) is 4.93. The van der Waals surface area contributed by atoms with Gasteiger partial charge in [0.25, 0.3) is 0 Å². The van der Waals surface area contributed by atoms with Gasteiger partial charge in [0.05, 0.1) is 5.44 Å². The van der Waals surface area contributed by atoms with E-state index in [9.17, 15) is 0 Å². The lowest BCUT2D eigenvalue weighted by Crippen LogP contribution is -2.27. The summed E-state index contributed by atoms with van der Waals surface area (Å²) < 4.78 is 0. The average Bonchev–Trinajstić information content (AvgIpc) is 2.70. The molecule has 1 aromatic carbocycles. The second kappa shape index (κ2) is 9.59. The molecule has 0 spiro atoms. The Morgan fingerprint density at radius 2 is 1.43 bits per heavy atom. The molecule has 0 aliphatic carbocycles. The lowest BCUT2D eigenvalue weighted by atomic mass is 10.2. The van der Waals surface area contributed by atoms with Crippen molar-refractivity contribution < 1.29 is 0 Å². The highest BCUT2D eigenvalue weighted by molar-refractivity contribution is 7.74. The zero-order chi connectivity index (χ0) is 21.8. The third-order valence-corrected chi connectivity index (χ3v) is 10.3. The van der Waals surface area contributed by atoms with Gasteiger partial charge in [-0.25, -0.2) is 12.5 Å². The third kappa shape index (κ3) is 5.90. The second-order valence-corrected chi connectivity index (χ2v) is 15.1. The van der Waals surface area contributed by atoms with Crippen molar-refractivity contribution in [2.75, 3.05) is 0 Å². The van der Waals surface area contributed by atoms with Crippen LogP contribution >= 0.6 is 15.8 Å². The summed E-state index contributed by atoms with van der Waals surface area (Å²) in [5, 5.41) is 2.88. The van der Waals surface area contributed by atoms with Crippen LogP contribution in [0.2, 0.25) is 0 Å². The third-order valence-electron chi connectivity index (χ3n) is 4.85. The molecule has 0 bridgehead atoms. The van der Waals surface area contributed by atoms with Crippen molar-refractivity contribution in [1.29, 1.82) is 0 Å². The molecular formula is C26H33N2P2-. The van der Waals surface area contributed by atoms with Crippen LogP contribution in [0.3, 0.4) is 0 Å². The largest absolute Gasteiger partial charge is 0.356 e. The van der Waals surface area contributed by atoms with Crippen molar-refractivity contribution in [1.82, 2.24) is 4.98 Å². The van der Waals surface area contributed by atoms with E-state index >= 15 is 0 Å². The van der Waals surface area contributed by atoms with Crippen molar-refractivity contribution in [3.05, 3.63) is 77.0 Å². The molecule has 158 valence electrons. The molecule has 2 heterocycles. The number of benzene rings is 1. The molecule has 3 rings (SSSR count). The number of allylic oxidation sites excluding steroid dienone is 1. The summed E-state index contributed by atoms with van der Waals surface area (Å²) in [5.41, 5.74) is 2.39. The van der Waals surface area contributed by atoms with Crippen molar-refractivity contribution in [3.8, 4) is 0 Å². The quantitative estimate of drug-likeness (QED) is 0.429. The first kappa shape index (κ1) is 22.9. The Labute approximate surface area is 184 Å². The van der Waals surface area contributed by atoms with Crippen molar-refractivity contribution in [3.63, 3.8) is 0 Å². The fourth-order valence-corrected chi connectivity index (χ4v) is 7.64. The van der Waals surface area contributed by atoms with Crippen LogP contribution in [0.15, 0.2) is 65.2 Å². The number of rotatable bonds is 4. The summed E-state index contributed by atoms with van der Waals surface area (Å²) in [6, 6.07) is 15.0. The number of aliphatic imine (C=N–C) groups is 1. The maximum Gasteiger partial charge on any atom is 0.0675 e. The molecule has 1 aliphatic heterocycles. The number of hydrogen-bond donors (Lipinski definition) is 0. The van der Waals surface area contributed by atoms with Crippen LogP contribution < -0.4 is 15.9 Å². The maximum atomic E-state index is 4.76. The van der Waals surface area contributed by atoms with Gasteiger partial charge in [-0.15, -0.1) is 7.92 Å². The molecule has 2 aromatic rings. The van der Waals surface area contributed by atoms with Crippen LogP contribution in [0, 0.1) is 6.42 Å². The van der Waals surface area contributed by atoms with E-state index in [0.29, 0.717) is 0 Å². The van der Waals surface area contributed by atoms with Crippen molar-refractivity contribution in [2.24, 2.45) is 4.99 Å². The number of hydrogen-bond acceptors (Lipinski definition) is 2. The monoisotopic (exact) mass is 435 g/mol. The molecule has 0 saturated carbocycles. The zero-order valence-corrected chi connectivity index (χ0v) is 20.8. The fourth-order valence-electron chi connectivity index (χ4n) is 3.29. The van der Waals surface area contributed by atoms with Crippen molar-refractivity contribution in [2.45, 2.75) is 58.3 Å². The lowest BCUT2D eigenvalue weighted by molar-refractivity contribution is 0.791. The molecule has 0 fully saturated rings. The van der Waals surface area contributed by atoms with Crippen molar-refractivity contribution >= 4 is 39.1 Å². The topological polar surface area (TPSA) is 25.2 Å². The highest BCUT2D eigenvalue weighted by atomic mass is 31.1. The minimum Gasteiger partial charge on any atom is -0.356 e. The smallest absolute Gasteiger partial charge is 0.0675 e. The van der Waals surface area contributed by atoms with Crippen LogP contribution in [0.4, 0.5) is 0 Å². The Kier molecular flexibility index (Phi) is 7.33. The predicted octanol–water partition coefficient (Wildman–Crippen LogP) is 5.96. The molecular weight excluding hydrogens is 402 g/mol. The van der Waals surface area contributed by atoms with E-state index in [-0.39, 0.29) is 10.3 Å². The van der Waals surface area contributed by atoms with Gasteiger partial charge >= 0.3 is 0 Å². The molecule has 1 aliphatic rings. The van der Waals surface area contributed by atoms with E-state index in [2.05, 4.69) is 102 Å². The Morgan fingerprint density at radius 1 is 0.833 bits per heavy atom. The fraction of sp³-hybridized carbons (Fsp3) is 0.346. The lowest BCUT2D eigenvalue weighted by Gasteiger charge is -2.36. The zero-order valence-electron chi connectivity index (χ0n) is 19.0. The van der Waals surface area contributed by atoms with E-state index in [1.807, 2.05) is 18.5 Å². The number of aromatic nitrogens is 1. The first-order chi connectivity index (χ1) is 14.2. The molecule has 0 amide bonds. The Bertz CT molecular complexity index is 1030. The van der Waals surface area contributed by atoms with Gasteiger partial charge in [0, 0.05) is 6.20 Å². The summed E-state index contributed by atoms with van der Waals surface area (Å²) in [6.07, 6.45) is 9.31. The summed E-state index contributed by atoms with van der Waals surface area (Å²) in [4.78, 5) is 9.46. The SMILES string of the molecule is CC(C)(C)P(C=c1ccccc1=CP(c1ccccn1)C(C)(C)C)C1=C[CH-]CC=N1. The summed E-state index contributed by atoms with van der Waals surface area (Å²) in [7, 11) is -1.10. The van der Waals surface area contributed by atoms with Crippen LogP contribution in [0.5, 0.6) is 0 Å². The van der Waals surface area contributed by atoms with Crippen LogP contribution in [0.25, 0.3) is 11.6 Å². The Balaban J connectivity index is 2.17. The minimum atomic E-state index is -0.556. The molecule has 1 aromatic heterocycles. The van der Waals surface area contributed by atoms with E-state index < -0.39 is 15.8 Å². The van der Waals surface area contributed by atoms with Crippen LogP contribution in [-0.2, 0) is 0 Å². The number of pyridine rings is 1. The van der Waals surface area contributed by atoms with Gasteiger partial charge in [0.1, 0.15) is 0 Å². The molecule has 0 N–H and O–H groups in total. The van der Waals surface area contributed by atoms with E-state index in [4.69, 9.17) is 9.98 Å². The van der Waals surface area contributed by atoms with Crippen LogP contribution in [0.1, 0.15) is 48.0 Å². The molecule has 0 saturated heterocycles. The molecule has 2 unspecified atom stereocenters. The Hall–Kier alpha value is -1.75. The molecule has 4 heteroatoms. The average molecular weight is 436 g/mol. The van der Waals surface area contributed by atoms with Gasteiger partial charge < -0.3 is 4.99 Å². The molecule has 2 atom stereocenters. The van der Waals surface area contributed by atoms with Gasteiger partial charge in [0.15, 0.2) is 0 Å². The highest BCUT2D eigenvalue weighted by Crippen LogP contribution is 2.58. The van der Waals surface area contributed by atoms with Gasteiger partial charge in [-0.3, -0.25) is 4.98 Å². The van der Waals surface area contributed by atoms with Crippen LogP contribution in [-0.4, -0.2) is 21.5 Å². The Morgan fingerprint density at radius 3 is 1.93 bits per heavy atom. The second-order valence-electron chi connectivity index (χ2n) is 9.46. The molecule has 0 radical (unpaired) electrons. The van der Waals surface area contributed by atoms with E-state index in [1.54, 1.807) is 0 Å². The molecule has 2 nitrogen and oxygen atoms in total. The maximum absolute atomic E-state index is 4.76. The van der Waals surface area contributed by atoms with Gasteiger partial charge in [-0.1, -0.05) is 89.6 Å². The standard InChI is InChI=1S/C26H33N2P2/c1-25(2,3)29(23-15-9-11-17-27-23)19-21-13-7-8-14-22(21)20-30(26(4,5)6)24-16-10-12-18-28-24/h7-11,13-20H,12H2,1-6H3/q-1. The van der Waals surface area contributed by atoms with Gasteiger partial charge in [-0.05, 0) is 52.8 Å².